The van der Waals surface area contributed by atoms with Crippen molar-refractivity contribution in [2.45, 2.75) is 30.6 Å². The first-order valence-electron chi connectivity index (χ1n) is 7.08. The number of carbonyl (C=O) groups excluding carboxylic acids is 1. The molecule has 0 bridgehead atoms. The molecule has 1 amide bonds. The summed E-state index contributed by atoms with van der Waals surface area (Å²) < 4.78 is 28.5. The molecule has 1 aromatic rings. The minimum absolute atomic E-state index is 0.0403. The van der Waals surface area contributed by atoms with Crippen molar-refractivity contribution in [3.63, 3.8) is 0 Å². The molecular weight excluding hydrogens is 290 g/mol. The van der Waals surface area contributed by atoms with Crippen molar-refractivity contribution in [1.82, 2.24) is 5.32 Å². The lowest BCUT2D eigenvalue weighted by molar-refractivity contribution is 0.0947. The van der Waals surface area contributed by atoms with E-state index in [1.54, 1.807) is 6.07 Å². The van der Waals surface area contributed by atoms with E-state index in [4.69, 9.17) is 4.74 Å². The van der Waals surface area contributed by atoms with Gasteiger partial charge in [-0.15, -0.1) is 0 Å². The van der Waals surface area contributed by atoms with Crippen LogP contribution in [0.2, 0.25) is 0 Å². The number of nitrogens with one attached hydrogen (secondary N) is 1. The molecule has 1 N–H and O–H groups in total. The highest BCUT2D eigenvalue weighted by Gasteiger charge is 2.19. The van der Waals surface area contributed by atoms with Crippen LogP contribution in [0.5, 0.6) is 5.75 Å². The van der Waals surface area contributed by atoms with Crippen molar-refractivity contribution in [2.24, 2.45) is 5.92 Å². The lowest BCUT2D eigenvalue weighted by Crippen LogP contribution is -2.28. The molecule has 5 nitrogen and oxygen atoms in total. The summed E-state index contributed by atoms with van der Waals surface area (Å²) >= 11 is 0. The third-order valence-electron chi connectivity index (χ3n) is 3.85. The molecule has 6 heteroatoms. The Hall–Kier alpha value is -1.56. The summed E-state index contributed by atoms with van der Waals surface area (Å²) in [5.74, 6) is 0.556. The van der Waals surface area contributed by atoms with Gasteiger partial charge in [0.25, 0.3) is 5.91 Å². The Morgan fingerprint density at radius 3 is 2.57 bits per heavy atom. The number of sulfone groups is 1. The molecule has 0 heterocycles. The molecular formula is C15H21NO4S. The zero-order valence-electron chi connectivity index (χ0n) is 12.4. The Kier molecular flexibility index (Phi) is 4.88. The van der Waals surface area contributed by atoms with Crippen molar-refractivity contribution in [1.29, 1.82) is 0 Å². The zero-order valence-corrected chi connectivity index (χ0v) is 13.2. The number of ether oxygens (including phenoxy) is 1. The van der Waals surface area contributed by atoms with Gasteiger partial charge in [-0.2, -0.15) is 0 Å². The molecule has 0 aromatic heterocycles. The lowest BCUT2D eigenvalue weighted by atomic mass is 10.1. The predicted molar refractivity (Wildman–Crippen MR) is 80.4 cm³/mol. The molecule has 1 fully saturated rings. The SMILES string of the molecule is COc1ccc(C(=O)NCC2CCCC2)cc1S(C)(=O)=O. The summed E-state index contributed by atoms with van der Waals surface area (Å²) in [5, 5.41) is 2.88. The molecule has 1 aliphatic rings. The molecule has 1 aliphatic carbocycles. The van der Waals surface area contributed by atoms with Gasteiger partial charge in [0.05, 0.1) is 7.11 Å². The standard InChI is InChI=1S/C15H21NO4S/c1-20-13-8-7-12(9-14(13)21(2,18)19)15(17)16-10-11-5-3-4-6-11/h7-9,11H,3-6,10H2,1-2H3,(H,16,17). The monoisotopic (exact) mass is 311 g/mol. The molecule has 116 valence electrons. The van der Waals surface area contributed by atoms with Gasteiger partial charge in [0.2, 0.25) is 0 Å². The Balaban J connectivity index is 2.13. The van der Waals surface area contributed by atoms with Crippen LogP contribution in [-0.2, 0) is 9.84 Å². The molecule has 0 unspecified atom stereocenters. The number of rotatable bonds is 5. The maximum Gasteiger partial charge on any atom is 0.251 e. The molecule has 0 atom stereocenters. The van der Waals surface area contributed by atoms with Crippen LogP contribution < -0.4 is 10.1 Å². The largest absolute Gasteiger partial charge is 0.495 e. The maximum absolute atomic E-state index is 12.1. The topological polar surface area (TPSA) is 72.5 Å². The molecule has 0 spiro atoms. The fraction of sp³-hybridized carbons (Fsp3) is 0.533. The van der Waals surface area contributed by atoms with Crippen molar-refractivity contribution in [3.05, 3.63) is 23.8 Å². The summed E-state index contributed by atoms with van der Waals surface area (Å²) in [5.41, 5.74) is 0.342. The third-order valence-corrected chi connectivity index (χ3v) is 4.97. The molecule has 0 aliphatic heterocycles. The third kappa shape index (κ3) is 3.97. The zero-order chi connectivity index (χ0) is 15.5. The minimum Gasteiger partial charge on any atom is -0.495 e. The predicted octanol–water partition coefficient (Wildman–Crippen LogP) is 2.02. The first-order valence-corrected chi connectivity index (χ1v) is 8.97. The first kappa shape index (κ1) is 15.8. The summed E-state index contributed by atoms with van der Waals surface area (Å²) in [6, 6.07) is 4.47. The maximum atomic E-state index is 12.1. The highest BCUT2D eigenvalue weighted by Crippen LogP contribution is 2.26. The van der Waals surface area contributed by atoms with Gasteiger partial charge in [-0.1, -0.05) is 12.8 Å². The second-order valence-corrected chi connectivity index (χ2v) is 7.48. The van der Waals surface area contributed by atoms with Gasteiger partial charge >= 0.3 is 0 Å². The van der Waals surface area contributed by atoms with Crippen LogP contribution in [-0.4, -0.2) is 34.2 Å². The number of methoxy groups -OCH3 is 1. The second kappa shape index (κ2) is 6.47. The molecule has 0 saturated heterocycles. The van der Waals surface area contributed by atoms with Gasteiger partial charge in [0.1, 0.15) is 10.6 Å². The first-order chi connectivity index (χ1) is 9.91. The van der Waals surface area contributed by atoms with Crippen molar-refractivity contribution in [3.8, 4) is 5.75 Å². The van der Waals surface area contributed by atoms with E-state index in [-0.39, 0.29) is 16.6 Å². The van der Waals surface area contributed by atoms with Crippen LogP contribution >= 0.6 is 0 Å². The van der Waals surface area contributed by atoms with E-state index in [0.29, 0.717) is 18.0 Å². The minimum atomic E-state index is -3.44. The van der Waals surface area contributed by atoms with Crippen molar-refractivity contribution >= 4 is 15.7 Å². The molecule has 0 radical (unpaired) electrons. The van der Waals surface area contributed by atoms with Gasteiger partial charge in [0.15, 0.2) is 9.84 Å². The van der Waals surface area contributed by atoms with Crippen LogP contribution in [0.3, 0.4) is 0 Å². The number of hydrogen-bond donors (Lipinski definition) is 1. The normalized spacial score (nSPS) is 15.9. The highest BCUT2D eigenvalue weighted by molar-refractivity contribution is 7.90. The lowest BCUT2D eigenvalue weighted by Gasteiger charge is -2.12. The fourth-order valence-corrected chi connectivity index (χ4v) is 3.52. The summed E-state index contributed by atoms with van der Waals surface area (Å²) in [6.07, 6.45) is 5.85. The molecule has 1 saturated carbocycles. The molecule has 1 aromatic carbocycles. The summed E-state index contributed by atoms with van der Waals surface area (Å²) in [7, 11) is -2.03. The van der Waals surface area contributed by atoms with Crippen molar-refractivity contribution < 1.29 is 17.9 Å². The van der Waals surface area contributed by atoms with Gasteiger partial charge in [-0.05, 0) is 37.0 Å². The van der Waals surface area contributed by atoms with Gasteiger partial charge < -0.3 is 10.1 Å². The van der Waals surface area contributed by atoms with Gasteiger partial charge in [-0.25, -0.2) is 8.42 Å². The van der Waals surface area contributed by atoms with Gasteiger partial charge in [0, 0.05) is 18.4 Å². The van der Waals surface area contributed by atoms with Crippen LogP contribution in [0.4, 0.5) is 0 Å². The smallest absolute Gasteiger partial charge is 0.251 e. The fourth-order valence-electron chi connectivity index (χ4n) is 2.66. The van der Waals surface area contributed by atoms with E-state index in [2.05, 4.69) is 5.32 Å². The van der Waals surface area contributed by atoms with E-state index in [1.807, 2.05) is 0 Å². The number of carbonyl (C=O) groups is 1. The Bertz CT molecular complexity index is 619. The molecule has 2 rings (SSSR count). The Labute approximate surface area is 125 Å². The van der Waals surface area contributed by atoms with E-state index in [9.17, 15) is 13.2 Å². The van der Waals surface area contributed by atoms with E-state index < -0.39 is 9.84 Å². The quantitative estimate of drug-likeness (QED) is 0.903. The van der Waals surface area contributed by atoms with Gasteiger partial charge in [-0.3, -0.25) is 4.79 Å². The summed E-state index contributed by atoms with van der Waals surface area (Å²) in [6.45, 7) is 0.652. The Morgan fingerprint density at radius 2 is 2.00 bits per heavy atom. The molecule has 21 heavy (non-hydrogen) atoms. The van der Waals surface area contributed by atoms with Crippen LogP contribution in [0.1, 0.15) is 36.0 Å². The van der Waals surface area contributed by atoms with Crippen LogP contribution in [0.25, 0.3) is 0 Å². The van der Waals surface area contributed by atoms with Crippen LogP contribution in [0, 0.1) is 5.92 Å². The van der Waals surface area contributed by atoms with Crippen LogP contribution in [0.15, 0.2) is 23.1 Å². The van der Waals surface area contributed by atoms with E-state index in [1.165, 1.54) is 32.1 Å². The van der Waals surface area contributed by atoms with E-state index >= 15 is 0 Å². The number of amides is 1. The summed E-state index contributed by atoms with van der Waals surface area (Å²) in [4.78, 5) is 12.2. The Morgan fingerprint density at radius 1 is 1.33 bits per heavy atom. The number of hydrogen-bond acceptors (Lipinski definition) is 4. The van der Waals surface area contributed by atoms with Crippen molar-refractivity contribution in [2.75, 3.05) is 19.9 Å². The van der Waals surface area contributed by atoms with E-state index in [0.717, 1.165) is 19.1 Å². The second-order valence-electron chi connectivity index (χ2n) is 5.50. The average molecular weight is 311 g/mol. The average Bonchev–Trinajstić information content (AvgIpc) is 2.96. The highest BCUT2D eigenvalue weighted by atomic mass is 32.2. The number of benzene rings is 1.